The molecule has 0 bridgehead atoms. The van der Waals surface area contributed by atoms with E-state index in [1.165, 1.54) is 6.07 Å². The van der Waals surface area contributed by atoms with E-state index in [0.717, 1.165) is 37.6 Å². The minimum atomic E-state index is -0.193. The molecule has 1 atom stereocenters. The monoisotopic (exact) mass is 449 g/mol. The van der Waals surface area contributed by atoms with E-state index in [2.05, 4.69) is 29.1 Å². The van der Waals surface area contributed by atoms with Crippen LogP contribution in [0.3, 0.4) is 0 Å². The lowest BCUT2D eigenvalue weighted by molar-refractivity contribution is 0.157. The Hall–Kier alpha value is -0.890. The normalized spacial score (nSPS) is 18.5. The van der Waals surface area contributed by atoms with E-state index in [9.17, 15) is 4.39 Å². The standard InChI is InChI=1S/C18H28FN3O.HI/c1-18(2,15-6-5-7-16(19)10-15)13-21-17(20-3)22-9-8-14(11-22)12-23-4;/h5-7,10,14H,8-9,11-13H2,1-4H3,(H,20,21);1H. The maximum absolute atomic E-state index is 13.5. The lowest BCUT2D eigenvalue weighted by Crippen LogP contribution is -2.45. The van der Waals surface area contributed by atoms with E-state index in [1.54, 1.807) is 26.3 Å². The summed E-state index contributed by atoms with van der Waals surface area (Å²) < 4.78 is 18.7. The lowest BCUT2D eigenvalue weighted by Gasteiger charge is -2.29. The first-order valence-electron chi connectivity index (χ1n) is 8.17. The Morgan fingerprint density at radius 2 is 2.21 bits per heavy atom. The molecule has 1 aliphatic heterocycles. The fourth-order valence-electron chi connectivity index (χ4n) is 3.04. The van der Waals surface area contributed by atoms with E-state index < -0.39 is 0 Å². The van der Waals surface area contributed by atoms with Gasteiger partial charge in [0, 0.05) is 45.1 Å². The van der Waals surface area contributed by atoms with Gasteiger partial charge < -0.3 is 15.0 Å². The predicted octanol–water partition coefficient (Wildman–Crippen LogP) is 3.27. The minimum Gasteiger partial charge on any atom is -0.384 e. The van der Waals surface area contributed by atoms with Crippen molar-refractivity contribution in [3.8, 4) is 0 Å². The molecule has 0 aliphatic carbocycles. The molecule has 1 aromatic rings. The number of rotatable bonds is 5. The van der Waals surface area contributed by atoms with Crippen molar-refractivity contribution in [1.82, 2.24) is 10.2 Å². The molecule has 0 spiro atoms. The molecular weight excluding hydrogens is 420 g/mol. The number of hydrogen-bond acceptors (Lipinski definition) is 2. The van der Waals surface area contributed by atoms with Gasteiger partial charge in [0.2, 0.25) is 0 Å². The van der Waals surface area contributed by atoms with Crippen LogP contribution in [0.1, 0.15) is 25.8 Å². The van der Waals surface area contributed by atoms with E-state index >= 15 is 0 Å². The van der Waals surface area contributed by atoms with Crippen LogP contribution in [0.2, 0.25) is 0 Å². The van der Waals surface area contributed by atoms with Crippen molar-refractivity contribution in [1.29, 1.82) is 0 Å². The Bertz CT molecular complexity index is 551. The number of halogens is 2. The van der Waals surface area contributed by atoms with E-state index in [4.69, 9.17) is 4.74 Å². The van der Waals surface area contributed by atoms with E-state index in [0.29, 0.717) is 12.5 Å². The van der Waals surface area contributed by atoms with Crippen molar-refractivity contribution in [3.05, 3.63) is 35.6 Å². The van der Waals surface area contributed by atoms with Gasteiger partial charge in [-0.3, -0.25) is 4.99 Å². The summed E-state index contributed by atoms with van der Waals surface area (Å²) in [7, 11) is 3.55. The number of hydrogen-bond donors (Lipinski definition) is 1. The number of nitrogens with zero attached hydrogens (tertiary/aromatic N) is 2. The highest BCUT2D eigenvalue weighted by Gasteiger charge is 2.27. The van der Waals surface area contributed by atoms with Gasteiger partial charge in [-0.05, 0) is 24.1 Å². The molecule has 136 valence electrons. The molecule has 1 fully saturated rings. The van der Waals surface area contributed by atoms with Crippen molar-refractivity contribution in [3.63, 3.8) is 0 Å². The van der Waals surface area contributed by atoms with Crippen LogP contribution in [0.25, 0.3) is 0 Å². The quantitative estimate of drug-likeness (QED) is 0.426. The van der Waals surface area contributed by atoms with Crippen molar-refractivity contribution >= 4 is 29.9 Å². The van der Waals surface area contributed by atoms with Crippen LogP contribution in [-0.2, 0) is 10.2 Å². The van der Waals surface area contributed by atoms with Crippen molar-refractivity contribution in [2.45, 2.75) is 25.7 Å². The molecule has 2 rings (SSSR count). The second kappa shape index (κ2) is 9.56. The van der Waals surface area contributed by atoms with Gasteiger partial charge in [-0.2, -0.15) is 0 Å². The molecule has 0 saturated carbocycles. The summed E-state index contributed by atoms with van der Waals surface area (Å²) in [5, 5.41) is 3.44. The Labute approximate surface area is 161 Å². The number of likely N-dealkylation sites (tertiary alicyclic amines) is 1. The largest absolute Gasteiger partial charge is 0.384 e. The SMILES string of the molecule is CN=C(NCC(C)(C)c1cccc(F)c1)N1CCC(COC)C1.I. The summed E-state index contributed by atoms with van der Waals surface area (Å²) in [6.07, 6.45) is 1.13. The topological polar surface area (TPSA) is 36.9 Å². The molecule has 1 aromatic carbocycles. The maximum Gasteiger partial charge on any atom is 0.193 e. The summed E-state index contributed by atoms with van der Waals surface area (Å²) in [6.45, 7) is 7.68. The molecule has 0 radical (unpaired) electrons. The molecule has 0 aromatic heterocycles. The van der Waals surface area contributed by atoms with E-state index in [-0.39, 0.29) is 35.2 Å². The number of guanidine groups is 1. The summed E-state index contributed by atoms with van der Waals surface area (Å²) in [5.74, 6) is 1.28. The molecule has 1 heterocycles. The van der Waals surface area contributed by atoms with Crippen molar-refractivity contribution in [2.24, 2.45) is 10.9 Å². The van der Waals surface area contributed by atoms with E-state index in [1.807, 2.05) is 6.07 Å². The van der Waals surface area contributed by atoms with Crippen molar-refractivity contribution < 1.29 is 9.13 Å². The molecule has 1 saturated heterocycles. The smallest absolute Gasteiger partial charge is 0.193 e. The first-order valence-corrected chi connectivity index (χ1v) is 8.17. The summed E-state index contributed by atoms with van der Waals surface area (Å²) in [6, 6.07) is 6.82. The summed E-state index contributed by atoms with van der Waals surface area (Å²) in [5.41, 5.74) is 0.808. The van der Waals surface area contributed by atoms with Gasteiger partial charge in [0.05, 0.1) is 6.61 Å². The second-order valence-corrected chi connectivity index (χ2v) is 6.85. The average Bonchev–Trinajstić information content (AvgIpc) is 2.97. The molecule has 1 N–H and O–H groups in total. The summed E-state index contributed by atoms with van der Waals surface area (Å²) in [4.78, 5) is 6.66. The highest BCUT2D eigenvalue weighted by molar-refractivity contribution is 14.0. The molecular formula is C18H29FIN3O. The van der Waals surface area contributed by atoms with Crippen LogP contribution < -0.4 is 5.32 Å². The van der Waals surface area contributed by atoms with Crippen LogP contribution in [-0.4, -0.2) is 51.3 Å². The van der Waals surface area contributed by atoms with Gasteiger partial charge in [-0.25, -0.2) is 4.39 Å². The van der Waals surface area contributed by atoms with Crippen LogP contribution in [0, 0.1) is 11.7 Å². The lowest BCUT2D eigenvalue weighted by atomic mass is 9.84. The third kappa shape index (κ3) is 5.58. The molecule has 1 unspecified atom stereocenters. The number of ether oxygens (including phenoxy) is 1. The highest BCUT2D eigenvalue weighted by atomic mass is 127. The van der Waals surface area contributed by atoms with Crippen molar-refractivity contribution in [2.75, 3.05) is 40.4 Å². The Morgan fingerprint density at radius 3 is 2.83 bits per heavy atom. The molecule has 24 heavy (non-hydrogen) atoms. The van der Waals surface area contributed by atoms with Crippen LogP contribution in [0.5, 0.6) is 0 Å². The maximum atomic E-state index is 13.5. The third-order valence-electron chi connectivity index (χ3n) is 4.49. The number of nitrogens with one attached hydrogen (secondary N) is 1. The first kappa shape index (κ1) is 21.2. The zero-order valence-corrected chi connectivity index (χ0v) is 17.3. The zero-order valence-electron chi connectivity index (χ0n) is 15.0. The average molecular weight is 449 g/mol. The Morgan fingerprint density at radius 1 is 1.46 bits per heavy atom. The summed E-state index contributed by atoms with van der Waals surface area (Å²) >= 11 is 0. The first-order chi connectivity index (χ1) is 11.0. The predicted molar refractivity (Wildman–Crippen MR) is 108 cm³/mol. The number of methoxy groups -OCH3 is 1. The van der Waals surface area contributed by atoms with Gasteiger partial charge in [0.15, 0.2) is 5.96 Å². The van der Waals surface area contributed by atoms with Crippen LogP contribution in [0.15, 0.2) is 29.3 Å². The Balaban J connectivity index is 0.00000288. The van der Waals surface area contributed by atoms with Gasteiger partial charge in [-0.1, -0.05) is 26.0 Å². The van der Waals surface area contributed by atoms with Crippen LogP contribution in [0.4, 0.5) is 4.39 Å². The second-order valence-electron chi connectivity index (χ2n) is 6.85. The fraction of sp³-hybridized carbons (Fsp3) is 0.611. The Kier molecular flexibility index (Phi) is 8.42. The molecule has 6 heteroatoms. The van der Waals surface area contributed by atoms with Gasteiger partial charge >= 0.3 is 0 Å². The van der Waals surface area contributed by atoms with Gasteiger partial charge in [0.25, 0.3) is 0 Å². The molecule has 0 amide bonds. The van der Waals surface area contributed by atoms with Crippen LogP contribution >= 0.6 is 24.0 Å². The molecule has 1 aliphatic rings. The highest BCUT2D eigenvalue weighted by Crippen LogP contribution is 2.23. The van der Waals surface area contributed by atoms with Gasteiger partial charge in [0.1, 0.15) is 5.82 Å². The number of benzene rings is 1. The zero-order chi connectivity index (χ0) is 16.9. The third-order valence-corrected chi connectivity index (χ3v) is 4.49. The van der Waals surface area contributed by atoms with Gasteiger partial charge in [-0.15, -0.1) is 24.0 Å². The molecule has 4 nitrogen and oxygen atoms in total. The fourth-order valence-corrected chi connectivity index (χ4v) is 3.04. The number of aliphatic imine (C=N–C) groups is 1. The minimum absolute atomic E-state index is 0.